The minimum atomic E-state index is -0.461. The molecule has 2 aliphatic heterocycles. The minimum Gasteiger partial charge on any atom is -0.399 e. The number of hydrogen-bond acceptors (Lipinski definition) is 5. The van der Waals surface area contributed by atoms with Crippen LogP contribution in [0.3, 0.4) is 0 Å². The first-order valence-corrected chi connectivity index (χ1v) is 19.2. The van der Waals surface area contributed by atoms with Crippen LogP contribution in [0.4, 0.5) is 11.4 Å². The van der Waals surface area contributed by atoms with Gasteiger partial charge in [0.2, 0.25) is 0 Å². The molecule has 2 aliphatic carbocycles. The van der Waals surface area contributed by atoms with Gasteiger partial charge in [0, 0.05) is 37.2 Å². The van der Waals surface area contributed by atoms with Gasteiger partial charge in [0.05, 0.1) is 16.9 Å². The van der Waals surface area contributed by atoms with Crippen LogP contribution >= 0.6 is 23.1 Å². The molecule has 1 saturated heterocycles. The number of fused-ring (bicyclic) bond motifs is 4. The minimum absolute atomic E-state index is 0.430. The zero-order valence-corrected chi connectivity index (χ0v) is 30.9. The van der Waals surface area contributed by atoms with Crippen LogP contribution in [-0.2, 0) is 15.7 Å². The first-order valence-electron chi connectivity index (χ1n) is 17.6. The highest BCUT2D eigenvalue weighted by atomic mass is 32.2. The average molecular weight is 690 g/mol. The smallest absolute Gasteiger partial charge is 0.399 e. The van der Waals surface area contributed by atoms with Crippen LogP contribution in [-0.4, -0.2) is 18.3 Å². The van der Waals surface area contributed by atoms with Gasteiger partial charge in [-0.1, -0.05) is 90.2 Å². The normalized spacial score (nSPS) is 18.9. The summed E-state index contributed by atoms with van der Waals surface area (Å²) in [7, 11) is -0.461. The molecule has 5 aromatic rings. The van der Waals surface area contributed by atoms with Crippen LogP contribution in [0.15, 0.2) is 130 Å². The fourth-order valence-corrected chi connectivity index (χ4v) is 10.0. The number of hydrogen-bond donors (Lipinski definition) is 0. The Morgan fingerprint density at radius 1 is 0.780 bits per heavy atom. The lowest BCUT2D eigenvalue weighted by Gasteiger charge is -2.34. The maximum absolute atomic E-state index is 6.66. The summed E-state index contributed by atoms with van der Waals surface area (Å²) in [6, 6.07) is 31.5. The molecule has 4 aliphatic rings. The van der Waals surface area contributed by atoms with Crippen molar-refractivity contribution in [3.8, 4) is 22.3 Å². The SMILES string of the molecule is CC1=Cc2sc3c(-c4cc(B5OC(C)(C)C(C)(C)O5)cc(-c5ccc6c(c5)SC5=C(CC=CC=C5)N6c5ccccc5)c4)cccc3c2CC1. The Labute approximate surface area is 304 Å². The van der Waals surface area contributed by atoms with Crippen molar-refractivity contribution in [2.24, 2.45) is 0 Å². The topological polar surface area (TPSA) is 21.7 Å². The average Bonchev–Trinajstić information content (AvgIpc) is 3.46. The van der Waals surface area contributed by atoms with Gasteiger partial charge in [0.15, 0.2) is 0 Å². The molecule has 0 radical (unpaired) electrons. The van der Waals surface area contributed by atoms with E-state index in [9.17, 15) is 0 Å². The van der Waals surface area contributed by atoms with E-state index < -0.39 is 18.3 Å². The molecule has 3 heterocycles. The second kappa shape index (κ2) is 12.0. The third kappa shape index (κ3) is 5.36. The van der Waals surface area contributed by atoms with Crippen molar-refractivity contribution in [3.05, 3.63) is 136 Å². The Balaban J connectivity index is 1.20. The van der Waals surface area contributed by atoms with Crippen molar-refractivity contribution in [1.82, 2.24) is 0 Å². The van der Waals surface area contributed by atoms with E-state index in [2.05, 4.69) is 155 Å². The van der Waals surface area contributed by atoms with Gasteiger partial charge >= 0.3 is 7.12 Å². The van der Waals surface area contributed by atoms with Crippen molar-refractivity contribution < 1.29 is 9.31 Å². The number of rotatable bonds is 4. The van der Waals surface area contributed by atoms with E-state index in [0.29, 0.717) is 0 Å². The molecule has 0 saturated carbocycles. The van der Waals surface area contributed by atoms with Gasteiger partial charge < -0.3 is 14.2 Å². The van der Waals surface area contributed by atoms with Crippen LogP contribution < -0.4 is 10.4 Å². The standard InChI is InChI=1S/C44H40BNO2S2/c1-28-19-21-35-36-16-12-15-34(42(36)50-40(35)23-28)31-24-30(25-32(26-31)45-47-43(2,3)44(4,5)48-45)29-20-22-38-41(27-29)49-39-18-11-7-10-17-37(39)46(38)33-13-8-6-9-14-33/h6-16,18,20,22-27H,17,19,21H2,1-5H3. The predicted octanol–water partition coefficient (Wildman–Crippen LogP) is 11.9. The highest BCUT2D eigenvalue weighted by Gasteiger charge is 2.51. The first-order chi connectivity index (χ1) is 24.1. The molecule has 0 unspecified atom stereocenters. The summed E-state index contributed by atoms with van der Waals surface area (Å²) in [5.74, 6) is 0. The summed E-state index contributed by atoms with van der Waals surface area (Å²) < 4.78 is 14.7. The molecule has 0 atom stereocenters. The molecule has 6 heteroatoms. The van der Waals surface area contributed by atoms with E-state index in [4.69, 9.17) is 9.31 Å². The summed E-state index contributed by atoms with van der Waals surface area (Å²) in [4.78, 5) is 6.37. The van der Waals surface area contributed by atoms with Gasteiger partial charge in [0.25, 0.3) is 0 Å². The van der Waals surface area contributed by atoms with Gasteiger partial charge in [-0.3, -0.25) is 0 Å². The quantitative estimate of drug-likeness (QED) is 0.175. The summed E-state index contributed by atoms with van der Waals surface area (Å²) in [6.07, 6.45) is 14.3. The Bertz CT molecular complexity index is 2290. The highest BCUT2D eigenvalue weighted by Crippen LogP contribution is 2.50. The Morgan fingerprint density at radius 3 is 2.40 bits per heavy atom. The Morgan fingerprint density at radius 2 is 1.58 bits per heavy atom. The van der Waals surface area contributed by atoms with Crippen molar-refractivity contribution in [1.29, 1.82) is 0 Å². The molecule has 3 nitrogen and oxygen atoms in total. The molecule has 0 spiro atoms. The number of thioether (sulfide) groups is 1. The molecule has 9 rings (SSSR count). The molecular weight excluding hydrogens is 649 g/mol. The van der Waals surface area contributed by atoms with Gasteiger partial charge in [-0.15, -0.1) is 11.3 Å². The first kappa shape index (κ1) is 31.9. The maximum atomic E-state index is 6.66. The molecule has 248 valence electrons. The van der Waals surface area contributed by atoms with E-state index in [0.717, 1.165) is 30.3 Å². The summed E-state index contributed by atoms with van der Waals surface area (Å²) >= 11 is 3.80. The Hall–Kier alpha value is -4.07. The molecule has 0 bridgehead atoms. The summed E-state index contributed by atoms with van der Waals surface area (Å²) in [6.45, 7) is 10.8. The van der Waals surface area contributed by atoms with Crippen LogP contribution in [0.1, 0.15) is 57.9 Å². The lowest BCUT2D eigenvalue weighted by atomic mass is 9.76. The highest BCUT2D eigenvalue weighted by molar-refractivity contribution is 8.03. The van der Waals surface area contributed by atoms with Crippen molar-refractivity contribution in [2.75, 3.05) is 4.90 Å². The second-order valence-corrected chi connectivity index (χ2v) is 16.9. The van der Waals surface area contributed by atoms with E-state index in [1.54, 1.807) is 0 Å². The van der Waals surface area contributed by atoms with Crippen molar-refractivity contribution >= 4 is 63.2 Å². The third-order valence-corrected chi connectivity index (χ3v) is 13.3. The van der Waals surface area contributed by atoms with Crippen LogP contribution in [0, 0.1) is 0 Å². The van der Waals surface area contributed by atoms with Crippen molar-refractivity contribution in [2.45, 2.75) is 70.0 Å². The van der Waals surface area contributed by atoms with Crippen molar-refractivity contribution in [3.63, 3.8) is 0 Å². The number of benzene rings is 4. The number of nitrogens with zero attached hydrogens (tertiary/aromatic N) is 1. The zero-order valence-electron chi connectivity index (χ0n) is 29.2. The zero-order chi connectivity index (χ0) is 34.2. The molecule has 0 N–H and O–H groups in total. The predicted molar refractivity (Wildman–Crippen MR) is 215 cm³/mol. The fourth-order valence-electron chi connectivity index (χ4n) is 7.49. The molecule has 1 aromatic heterocycles. The van der Waals surface area contributed by atoms with Gasteiger partial charge in [0.1, 0.15) is 0 Å². The van der Waals surface area contributed by atoms with E-state index in [1.165, 1.54) is 69.7 Å². The number of anilines is 2. The fraction of sp³-hybridized carbons (Fsp3) is 0.227. The van der Waals surface area contributed by atoms with E-state index in [-0.39, 0.29) is 0 Å². The number of thiophene rings is 1. The van der Waals surface area contributed by atoms with Crippen LogP contribution in [0.2, 0.25) is 0 Å². The second-order valence-electron chi connectivity index (χ2n) is 14.8. The third-order valence-electron chi connectivity index (χ3n) is 10.9. The molecular formula is C44H40BNO2S2. The van der Waals surface area contributed by atoms with Crippen LogP contribution in [0.5, 0.6) is 0 Å². The molecule has 0 amide bonds. The number of allylic oxidation sites excluding steroid dienone is 5. The monoisotopic (exact) mass is 689 g/mol. The maximum Gasteiger partial charge on any atom is 0.494 e. The number of aryl methyl sites for hydroxylation is 1. The van der Waals surface area contributed by atoms with E-state index in [1.807, 2.05) is 23.1 Å². The van der Waals surface area contributed by atoms with Crippen LogP contribution in [0.25, 0.3) is 38.4 Å². The van der Waals surface area contributed by atoms with Gasteiger partial charge in [-0.05, 0) is 129 Å². The molecule has 4 aromatic carbocycles. The largest absolute Gasteiger partial charge is 0.494 e. The molecule has 1 fully saturated rings. The van der Waals surface area contributed by atoms with E-state index >= 15 is 0 Å². The summed E-state index contributed by atoms with van der Waals surface area (Å²) in [5.41, 5.74) is 11.6. The number of para-hydroxylation sites is 1. The van der Waals surface area contributed by atoms with Gasteiger partial charge in [-0.2, -0.15) is 0 Å². The lowest BCUT2D eigenvalue weighted by molar-refractivity contribution is 0.00578. The van der Waals surface area contributed by atoms with Gasteiger partial charge in [-0.25, -0.2) is 0 Å². The molecule has 50 heavy (non-hydrogen) atoms. The Kier molecular flexibility index (Phi) is 7.67. The lowest BCUT2D eigenvalue weighted by Crippen LogP contribution is -2.41. The summed E-state index contributed by atoms with van der Waals surface area (Å²) in [5, 5.41) is 1.38.